The molecule has 0 saturated heterocycles. The Morgan fingerprint density at radius 1 is 0.579 bits per heavy atom. The zero-order chi connectivity index (χ0) is 25.7. The summed E-state index contributed by atoms with van der Waals surface area (Å²) in [5, 5.41) is 4.95. The summed E-state index contributed by atoms with van der Waals surface area (Å²) in [5.41, 5.74) is 8.20. The predicted molar refractivity (Wildman–Crippen MR) is 164 cm³/mol. The lowest BCUT2D eigenvalue weighted by Crippen LogP contribution is -1.98. The SMILES string of the molecule is Cc1ccc(-c2ccc(C/N=C(\C=C\c3ccc4ccccc4c3)c3ccc4ccccc4c3)cc2)cc1. The number of rotatable bonds is 6. The molecule has 0 aromatic heterocycles. The molecular formula is C37H29N. The summed E-state index contributed by atoms with van der Waals surface area (Å²) in [6.45, 7) is 2.74. The van der Waals surface area contributed by atoms with Crippen LogP contribution in [0.1, 0.15) is 22.3 Å². The van der Waals surface area contributed by atoms with E-state index in [1.54, 1.807) is 0 Å². The van der Waals surface area contributed by atoms with Gasteiger partial charge in [0.05, 0.1) is 12.3 Å². The van der Waals surface area contributed by atoms with Crippen molar-refractivity contribution < 1.29 is 0 Å². The summed E-state index contributed by atoms with van der Waals surface area (Å²) in [4.78, 5) is 5.09. The van der Waals surface area contributed by atoms with Gasteiger partial charge in [-0.1, -0.05) is 133 Å². The van der Waals surface area contributed by atoms with E-state index < -0.39 is 0 Å². The van der Waals surface area contributed by atoms with Gasteiger partial charge < -0.3 is 0 Å². The quantitative estimate of drug-likeness (QED) is 0.207. The standard InChI is InChI=1S/C37H29N/c1-27-10-16-32(17-11-27)33-19-13-29(14-20-33)26-38-37(36-22-21-31-7-3-5-9-35(31)25-36)23-15-28-12-18-30-6-2-4-8-34(30)24-28/h2-25H,26H2,1H3/b23-15+,38-37+. The van der Waals surface area contributed by atoms with E-state index >= 15 is 0 Å². The first-order valence-corrected chi connectivity index (χ1v) is 13.1. The molecule has 0 amide bonds. The topological polar surface area (TPSA) is 12.4 Å². The summed E-state index contributed by atoms with van der Waals surface area (Å²) in [7, 11) is 0. The Labute approximate surface area is 224 Å². The molecule has 0 spiro atoms. The Hall–Kier alpha value is -4.75. The van der Waals surface area contributed by atoms with E-state index in [0.29, 0.717) is 6.54 Å². The number of nitrogens with zero attached hydrogens (tertiary/aromatic N) is 1. The number of aryl methyl sites for hydroxylation is 1. The molecule has 0 atom stereocenters. The van der Waals surface area contributed by atoms with Crippen LogP contribution in [-0.2, 0) is 6.54 Å². The van der Waals surface area contributed by atoms with E-state index in [0.717, 1.165) is 11.3 Å². The summed E-state index contributed by atoms with van der Waals surface area (Å²) in [6.07, 6.45) is 4.32. The lowest BCUT2D eigenvalue weighted by atomic mass is 10.0. The summed E-state index contributed by atoms with van der Waals surface area (Å²) in [5.74, 6) is 0. The predicted octanol–water partition coefficient (Wildman–Crippen LogP) is 9.67. The van der Waals surface area contributed by atoms with Gasteiger partial charge in [-0.2, -0.15) is 0 Å². The lowest BCUT2D eigenvalue weighted by Gasteiger charge is -2.07. The molecule has 182 valence electrons. The Morgan fingerprint density at radius 3 is 1.84 bits per heavy atom. The van der Waals surface area contributed by atoms with Crippen molar-refractivity contribution in [1.82, 2.24) is 0 Å². The second-order valence-electron chi connectivity index (χ2n) is 9.77. The average molecular weight is 488 g/mol. The van der Waals surface area contributed by atoms with Crippen LogP contribution in [0.15, 0.2) is 145 Å². The molecule has 0 heterocycles. The van der Waals surface area contributed by atoms with Crippen LogP contribution in [-0.4, -0.2) is 5.71 Å². The van der Waals surface area contributed by atoms with Gasteiger partial charge in [0.15, 0.2) is 0 Å². The van der Waals surface area contributed by atoms with Crippen LogP contribution in [0.5, 0.6) is 0 Å². The van der Waals surface area contributed by atoms with Gasteiger partial charge in [-0.3, -0.25) is 4.99 Å². The van der Waals surface area contributed by atoms with Gasteiger partial charge in [0.1, 0.15) is 0 Å². The highest BCUT2D eigenvalue weighted by Crippen LogP contribution is 2.22. The zero-order valence-electron chi connectivity index (χ0n) is 21.5. The van der Waals surface area contributed by atoms with E-state index in [1.807, 2.05) is 0 Å². The number of hydrogen-bond donors (Lipinski definition) is 0. The minimum atomic E-state index is 0.623. The third-order valence-electron chi connectivity index (χ3n) is 7.02. The molecule has 0 aliphatic heterocycles. The molecule has 0 unspecified atom stereocenters. The Bertz CT molecular complexity index is 1770. The number of allylic oxidation sites excluding steroid dienone is 1. The maximum atomic E-state index is 5.09. The molecule has 0 aliphatic rings. The van der Waals surface area contributed by atoms with Crippen LogP contribution in [0.4, 0.5) is 0 Å². The molecule has 0 saturated carbocycles. The first kappa shape index (κ1) is 23.6. The largest absolute Gasteiger partial charge is 0.280 e. The van der Waals surface area contributed by atoms with Crippen molar-refractivity contribution in [1.29, 1.82) is 0 Å². The van der Waals surface area contributed by atoms with Gasteiger partial charge in [-0.15, -0.1) is 0 Å². The smallest absolute Gasteiger partial charge is 0.0651 e. The summed E-state index contributed by atoms with van der Waals surface area (Å²) < 4.78 is 0. The number of aliphatic imine (C=N–C) groups is 1. The molecule has 38 heavy (non-hydrogen) atoms. The third-order valence-corrected chi connectivity index (χ3v) is 7.02. The normalized spacial score (nSPS) is 12.0. The van der Waals surface area contributed by atoms with E-state index in [2.05, 4.69) is 153 Å². The summed E-state index contributed by atoms with van der Waals surface area (Å²) >= 11 is 0. The van der Waals surface area contributed by atoms with Crippen LogP contribution < -0.4 is 0 Å². The first-order chi connectivity index (χ1) is 18.7. The second kappa shape index (κ2) is 10.7. The van der Waals surface area contributed by atoms with Crippen molar-refractivity contribution in [3.63, 3.8) is 0 Å². The second-order valence-corrected chi connectivity index (χ2v) is 9.77. The molecule has 1 heteroatoms. The van der Waals surface area contributed by atoms with E-state index in [-0.39, 0.29) is 0 Å². The molecule has 6 aromatic carbocycles. The molecule has 0 bridgehead atoms. The van der Waals surface area contributed by atoms with Crippen molar-refractivity contribution in [2.24, 2.45) is 4.99 Å². The molecule has 1 nitrogen and oxygen atoms in total. The van der Waals surface area contributed by atoms with Gasteiger partial charge in [0.2, 0.25) is 0 Å². The van der Waals surface area contributed by atoms with Gasteiger partial charge in [-0.25, -0.2) is 0 Å². The van der Waals surface area contributed by atoms with Gasteiger partial charge in [0, 0.05) is 5.56 Å². The molecule has 0 fully saturated rings. The molecule has 6 aromatic rings. The number of hydrogen-bond acceptors (Lipinski definition) is 1. The molecule has 6 rings (SSSR count). The van der Waals surface area contributed by atoms with Crippen LogP contribution >= 0.6 is 0 Å². The van der Waals surface area contributed by atoms with Crippen molar-refractivity contribution in [2.75, 3.05) is 0 Å². The van der Waals surface area contributed by atoms with Crippen LogP contribution in [0, 0.1) is 6.92 Å². The van der Waals surface area contributed by atoms with Crippen LogP contribution in [0.25, 0.3) is 38.7 Å². The number of fused-ring (bicyclic) bond motifs is 2. The third kappa shape index (κ3) is 5.33. The minimum absolute atomic E-state index is 0.623. The van der Waals surface area contributed by atoms with Crippen molar-refractivity contribution in [3.05, 3.63) is 162 Å². The van der Waals surface area contributed by atoms with Crippen molar-refractivity contribution >= 4 is 33.3 Å². The fraction of sp³-hybridized carbons (Fsp3) is 0.0541. The average Bonchev–Trinajstić information content (AvgIpc) is 2.97. The Balaban J connectivity index is 1.31. The van der Waals surface area contributed by atoms with E-state index in [1.165, 1.54) is 49.4 Å². The fourth-order valence-electron chi connectivity index (χ4n) is 4.80. The highest BCUT2D eigenvalue weighted by molar-refractivity contribution is 6.12. The van der Waals surface area contributed by atoms with Crippen LogP contribution in [0.3, 0.4) is 0 Å². The van der Waals surface area contributed by atoms with Gasteiger partial charge >= 0.3 is 0 Å². The van der Waals surface area contributed by atoms with Gasteiger partial charge in [0.25, 0.3) is 0 Å². The maximum Gasteiger partial charge on any atom is 0.0651 e. The molecule has 0 aliphatic carbocycles. The zero-order valence-corrected chi connectivity index (χ0v) is 21.5. The minimum Gasteiger partial charge on any atom is -0.280 e. The fourth-order valence-corrected chi connectivity index (χ4v) is 4.80. The Kier molecular flexibility index (Phi) is 6.66. The maximum absolute atomic E-state index is 5.09. The molecular weight excluding hydrogens is 458 g/mol. The number of benzene rings is 6. The summed E-state index contributed by atoms with van der Waals surface area (Å²) in [6, 6.07) is 47.5. The highest BCUT2D eigenvalue weighted by Gasteiger charge is 2.04. The van der Waals surface area contributed by atoms with E-state index in [4.69, 9.17) is 4.99 Å². The van der Waals surface area contributed by atoms with Crippen molar-refractivity contribution in [3.8, 4) is 11.1 Å². The van der Waals surface area contributed by atoms with E-state index in [9.17, 15) is 0 Å². The molecule has 0 N–H and O–H groups in total. The Morgan fingerprint density at radius 2 is 1.16 bits per heavy atom. The van der Waals surface area contributed by atoms with Crippen molar-refractivity contribution in [2.45, 2.75) is 13.5 Å². The van der Waals surface area contributed by atoms with Gasteiger partial charge in [-0.05, 0) is 68.9 Å². The van der Waals surface area contributed by atoms with Crippen LogP contribution in [0.2, 0.25) is 0 Å². The lowest BCUT2D eigenvalue weighted by molar-refractivity contribution is 1.07. The first-order valence-electron chi connectivity index (χ1n) is 13.1. The highest BCUT2D eigenvalue weighted by atomic mass is 14.7. The molecule has 0 radical (unpaired) electrons. The monoisotopic (exact) mass is 487 g/mol.